The molecule has 112 valence electrons. The van der Waals surface area contributed by atoms with E-state index in [0.717, 1.165) is 10.2 Å². The van der Waals surface area contributed by atoms with Gasteiger partial charge in [-0.3, -0.25) is 4.40 Å². The molecule has 3 aromatic rings. The number of esters is 1. The van der Waals surface area contributed by atoms with E-state index in [1.165, 1.54) is 6.33 Å². The molecule has 0 atom stereocenters. The molecular formula is C15H12BrN3O3. The van der Waals surface area contributed by atoms with Crippen LogP contribution in [0.15, 0.2) is 53.4 Å². The van der Waals surface area contributed by atoms with Crippen LogP contribution in [0.1, 0.15) is 10.4 Å². The van der Waals surface area contributed by atoms with Crippen LogP contribution in [0.4, 0.5) is 0 Å². The highest BCUT2D eigenvalue weighted by Crippen LogP contribution is 2.17. The minimum absolute atomic E-state index is 0.172. The molecule has 0 aliphatic heterocycles. The summed E-state index contributed by atoms with van der Waals surface area (Å²) in [6.45, 7) is 0.461. The Morgan fingerprint density at radius 1 is 1.23 bits per heavy atom. The van der Waals surface area contributed by atoms with Crippen LogP contribution in [0.25, 0.3) is 5.65 Å². The van der Waals surface area contributed by atoms with Crippen LogP contribution in [0.5, 0.6) is 5.75 Å². The maximum absolute atomic E-state index is 11.9. The summed E-state index contributed by atoms with van der Waals surface area (Å²) in [4.78, 5) is 11.9. The highest BCUT2D eigenvalue weighted by molar-refractivity contribution is 9.10. The molecule has 0 N–H and O–H groups in total. The largest absolute Gasteiger partial charge is 0.490 e. The van der Waals surface area contributed by atoms with Crippen LogP contribution in [0.3, 0.4) is 0 Å². The molecule has 0 unspecified atom stereocenters. The van der Waals surface area contributed by atoms with Gasteiger partial charge in [-0.2, -0.15) is 0 Å². The number of fused-ring (bicyclic) bond motifs is 1. The number of rotatable bonds is 5. The highest BCUT2D eigenvalue weighted by atomic mass is 79.9. The molecule has 3 rings (SSSR count). The van der Waals surface area contributed by atoms with Gasteiger partial charge in [-0.05, 0) is 30.3 Å². The van der Waals surface area contributed by atoms with Crippen molar-refractivity contribution in [2.45, 2.75) is 0 Å². The maximum Gasteiger partial charge on any atom is 0.339 e. The number of aromatic nitrogens is 3. The number of halogens is 1. The first-order chi connectivity index (χ1) is 10.7. The van der Waals surface area contributed by atoms with Crippen LogP contribution in [0, 0.1) is 0 Å². The lowest BCUT2D eigenvalue weighted by Crippen LogP contribution is -2.12. The summed E-state index contributed by atoms with van der Waals surface area (Å²) in [5.41, 5.74) is 1.12. The molecule has 0 fully saturated rings. The summed E-state index contributed by atoms with van der Waals surface area (Å²) in [5, 5.41) is 7.63. The number of hydrogen-bond donors (Lipinski definition) is 0. The van der Waals surface area contributed by atoms with Gasteiger partial charge in [0.1, 0.15) is 25.3 Å². The normalized spacial score (nSPS) is 10.6. The fourth-order valence-electron chi connectivity index (χ4n) is 1.88. The molecule has 0 radical (unpaired) electrons. The van der Waals surface area contributed by atoms with Crippen molar-refractivity contribution in [3.63, 3.8) is 0 Å². The lowest BCUT2D eigenvalue weighted by molar-refractivity contribution is 0.0450. The van der Waals surface area contributed by atoms with E-state index in [0.29, 0.717) is 11.2 Å². The third kappa shape index (κ3) is 3.43. The summed E-state index contributed by atoms with van der Waals surface area (Å²) < 4.78 is 13.3. The molecular weight excluding hydrogens is 350 g/mol. The lowest BCUT2D eigenvalue weighted by Gasteiger charge is -2.08. The number of ether oxygens (including phenoxy) is 2. The smallest absolute Gasteiger partial charge is 0.339 e. The summed E-state index contributed by atoms with van der Waals surface area (Å²) in [5.74, 6) is 0.310. The van der Waals surface area contributed by atoms with E-state index in [1.807, 2.05) is 24.3 Å². The van der Waals surface area contributed by atoms with Gasteiger partial charge in [-0.1, -0.05) is 22.0 Å². The van der Waals surface area contributed by atoms with Crippen LogP contribution >= 0.6 is 15.9 Å². The van der Waals surface area contributed by atoms with Crippen molar-refractivity contribution in [1.82, 2.24) is 14.6 Å². The van der Waals surface area contributed by atoms with Crippen LogP contribution in [-0.2, 0) is 4.74 Å². The van der Waals surface area contributed by atoms with Crippen molar-refractivity contribution in [2.75, 3.05) is 13.2 Å². The number of nitrogens with zero attached hydrogens (tertiary/aromatic N) is 3. The molecule has 0 saturated carbocycles. The average Bonchev–Trinajstić information content (AvgIpc) is 2.99. The first-order valence-electron chi connectivity index (χ1n) is 6.57. The molecule has 0 aliphatic carbocycles. The molecule has 0 bridgehead atoms. The zero-order chi connectivity index (χ0) is 15.4. The van der Waals surface area contributed by atoms with Gasteiger partial charge in [0.2, 0.25) is 0 Å². The molecule has 2 aromatic heterocycles. The zero-order valence-corrected chi connectivity index (χ0v) is 13.1. The molecule has 1 aromatic carbocycles. The molecule has 0 saturated heterocycles. The van der Waals surface area contributed by atoms with E-state index in [2.05, 4.69) is 26.1 Å². The monoisotopic (exact) mass is 361 g/mol. The van der Waals surface area contributed by atoms with Gasteiger partial charge in [-0.15, -0.1) is 10.2 Å². The van der Waals surface area contributed by atoms with E-state index in [1.54, 1.807) is 22.7 Å². The Kier molecular flexibility index (Phi) is 4.34. The average molecular weight is 362 g/mol. The van der Waals surface area contributed by atoms with Gasteiger partial charge in [0, 0.05) is 10.7 Å². The van der Waals surface area contributed by atoms with Crippen molar-refractivity contribution in [2.24, 2.45) is 0 Å². The third-order valence-electron chi connectivity index (χ3n) is 2.91. The number of hydrogen-bond acceptors (Lipinski definition) is 5. The first-order valence-corrected chi connectivity index (χ1v) is 7.36. The summed E-state index contributed by atoms with van der Waals surface area (Å²) in [6.07, 6.45) is 3.16. The molecule has 7 heteroatoms. The van der Waals surface area contributed by atoms with E-state index >= 15 is 0 Å². The Morgan fingerprint density at radius 2 is 2.14 bits per heavy atom. The summed E-state index contributed by atoms with van der Waals surface area (Å²) in [6, 6.07) is 10.8. The third-order valence-corrected chi connectivity index (χ3v) is 3.40. The molecule has 0 amide bonds. The SMILES string of the molecule is O=C(OCCOc1cccc(Br)c1)c1ccc2nncn2c1. The quantitative estimate of drug-likeness (QED) is 0.516. The van der Waals surface area contributed by atoms with E-state index in [9.17, 15) is 4.79 Å². The summed E-state index contributed by atoms with van der Waals surface area (Å²) in [7, 11) is 0. The molecule has 2 heterocycles. The topological polar surface area (TPSA) is 65.7 Å². The predicted octanol–water partition coefficient (Wildman–Crippen LogP) is 2.73. The molecule has 0 spiro atoms. The number of carbonyl (C=O) groups excluding carboxylic acids is 1. The van der Waals surface area contributed by atoms with Crippen LogP contribution in [-0.4, -0.2) is 33.8 Å². The number of benzene rings is 1. The van der Waals surface area contributed by atoms with E-state index in [4.69, 9.17) is 9.47 Å². The lowest BCUT2D eigenvalue weighted by atomic mass is 10.3. The van der Waals surface area contributed by atoms with Gasteiger partial charge in [0.05, 0.1) is 5.56 Å². The fraction of sp³-hybridized carbons (Fsp3) is 0.133. The Labute approximate surface area is 134 Å². The Bertz CT molecular complexity index is 803. The second-order valence-electron chi connectivity index (χ2n) is 4.46. The first kappa shape index (κ1) is 14.5. The number of carbonyl (C=O) groups is 1. The molecule has 22 heavy (non-hydrogen) atoms. The molecule has 6 nitrogen and oxygen atoms in total. The van der Waals surface area contributed by atoms with Crippen molar-refractivity contribution in [3.05, 3.63) is 59.0 Å². The van der Waals surface area contributed by atoms with Crippen molar-refractivity contribution >= 4 is 27.5 Å². The van der Waals surface area contributed by atoms with Crippen LogP contribution < -0.4 is 4.74 Å². The second kappa shape index (κ2) is 6.57. The van der Waals surface area contributed by atoms with E-state index in [-0.39, 0.29) is 13.2 Å². The standard InChI is InChI=1S/C15H12BrN3O3/c16-12-2-1-3-13(8-12)21-6-7-22-15(20)11-4-5-14-18-17-10-19(14)9-11/h1-5,8-10H,6-7H2. The molecule has 0 aliphatic rings. The van der Waals surface area contributed by atoms with E-state index < -0.39 is 5.97 Å². The predicted molar refractivity (Wildman–Crippen MR) is 82.9 cm³/mol. The van der Waals surface area contributed by atoms with Gasteiger partial charge < -0.3 is 9.47 Å². The van der Waals surface area contributed by atoms with Crippen LogP contribution in [0.2, 0.25) is 0 Å². The number of pyridine rings is 1. The van der Waals surface area contributed by atoms with Crippen molar-refractivity contribution < 1.29 is 14.3 Å². The Balaban J connectivity index is 1.51. The minimum atomic E-state index is -0.409. The van der Waals surface area contributed by atoms with Crippen molar-refractivity contribution in [3.8, 4) is 5.75 Å². The Hall–Kier alpha value is -2.41. The van der Waals surface area contributed by atoms with Crippen molar-refractivity contribution in [1.29, 1.82) is 0 Å². The summed E-state index contributed by atoms with van der Waals surface area (Å²) >= 11 is 3.36. The minimum Gasteiger partial charge on any atom is -0.490 e. The van der Waals surface area contributed by atoms with Gasteiger partial charge >= 0.3 is 5.97 Å². The second-order valence-corrected chi connectivity index (χ2v) is 5.37. The highest BCUT2D eigenvalue weighted by Gasteiger charge is 2.08. The maximum atomic E-state index is 11.9. The van der Waals surface area contributed by atoms with Gasteiger partial charge in [-0.25, -0.2) is 4.79 Å². The zero-order valence-electron chi connectivity index (χ0n) is 11.5. The van der Waals surface area contributed by atoms with Gasteiger partial charge in [0.15, 0.2) is 5.65 Å². The van der Waals surface area contributed by atoms with Gasteiger partial charge in [0.25, 0.3) is 0 Å². The fourth-order valence-corrected chi connectivity index (χ4v) is 2.26. The Morgan fingerprint density at radius 3 is 3.00 bits per heavy atom.